The zero-order chi connectivity index (χ0) is 18.8. The van der Waals surface area contributed by atoms with E-state index in [1.165, 1.54) is 29.2 Å². The number of halogens is 1. The van der Waals surface area contributed by atoms with E-state index in [4.69, 9.17) is 15.2 Å². The summed E-state index contributed by atoms with van der Waals surface area (Å²) in [5.74, 6) is 1.58. The molecule has 2 aromatic rings. The van der Waals surface area contributed by atoms with Crippen LogP contribution < -0.4 is 15.2 Å². The lowest BCUT2D eigenvalue weighted by molar-refractivity contribution is 0.225. The van der Waals surface area contributed by atoms with Crippen LogP contribution in [0.1, 0.15) is 48.3 Å². The highest BCUT2D eigenvalue weighted by Gasteiger charge is 2.25. The molecule has 2 aliphatic carbocycles. The average molecular weight is 369 g/mol. The Balaban J connectivity index is 1.39. The monoisotopic (exact) mass is 369 g/mol. The molecule has 3 unspecified atom stereocenters. The van der Waals surface area contributed by atoms with Crippen LogP contribution in [0, 0.1) is 11.7 Å². The molecule has 1 saturated carbocycles. The van der Waals surface area contributed by atoms with Crippen LogP contribution in [0.15, 0.2) is 36.4 Å². The van der Waals surface area contributed by atoms with Crippen molar-refractivity contribution in [3.8, 4) is 11.5 Å². The van der Waals surface area contributed by atoms with Gasteiger partial charge in [-0.25, -0.2) is 4.39 Å². The minimum absolute atomic E-state index is 0.271. The Morgan fingerprint density at radius 2 is 1.96 bits per heavy atom. The number of fused-ring (bicyclic) bond motifs is 1. The third-order valence-corrected chi connectivity index (χ3v) is 6.12. The second-order valence-electron chi connectivity index (χ2n) is 8.01. The Labute approximate surface area is 160 Å². The van der Waals surface area contributed by atoms with Crippen LogP contribution in [0.3, 0.4) is 0 Å². The average Bonchev–Trinajstić information content (AvgIpc) is 3.13. The van der Waals surface area contributed by atoms with Gasteiger partial charge < -0.3 is 15.2 Å². The Hall–Kier alpha value is -2.07. The number of rotatable bonds is 5. The first kappa shape index (κ1) is 18.3. The Bertz CT molecular complexity index is 807. The Morgan fingerprint density at radius 3 is 2.74 bits per heavy atom. The summed E-state index contributed by atoms with van der Waals surface area (Å²) < 4.78 is 24.9. The zero-order valence-electron chi connectivity index (χ0n) is 15.9. The van der Waals surface area contributed by atoms with Crippen LogP contribution >= 0.6 is 0 Å². The molecule has 2 aliphatic rings. The standard InChI is InChI=1S/C23H28FNO2/c1-26-21-8-9-22(24)23(13-21)27-14-15-2-3-17-11-18(5-4-16(17)10-15)19-6-7-20(25)12-19/h4-5,8-9,11,13,15,19-20H,2-3,6-7,10,12,14,25H2,1H3. The van der Waals surface area contributed by atoms with Gasteiger partial charge in [0.05, 0.1) is 13.7 Å². The smallest absolute Gasteiger partial charge is 0.165 e. The van der Waals surface area contributed by atoms with Crippen LogP contribution in [-0.2, 0) is 12.8 Å². The van der Waals surface area contributed by atoms with Crippen molar-refractivity contribution in [1.29, 1.82) is 0 Å². The normalized spacial score (nSPS) is 24.5. The number of methoxy groups -OCH3 is 1. The third kappa shape index (κ3) is 4.11. The van der Waals surface area contributed by atoms with Crippen molar-refractivity contribution < 1.29 is 13.9 Å². The lowest BCUT2D eigenvalue weighted by Crippen LogP contribution is -2.21. The molecule has 2 N–H and O–H groups in total. The van der Waals surface area contributed by atoms with Gasteiger partial charge in [-0.1, -0.05) is 18.2 Å². The molecule has 0 amide bonds. The van der Waals surface area contributed by atoms with Crippen LogP contribution in [-0.4, -0.2) is 19.8 Å². The summed E-state index contributed by atoms with van der Waals surface area (Å²) in [6, 6.07) is 11.9. The van der Waals surface area contributed by atoms with E-state index in [9.17, 15) is 4.39 Å². The summed E-state index contributed by atoms with van der Waals surface area (Å²) >= 11 is 0. The molecule has 0 saturated heterocycles. The molecular formula is C23H28FNO2. The highest BCUT2D eigenvalue weighted by Crippen LogP contribution is 2.36. The van der Waals surface area contributed by atoms with Crippen LogP contribution in [0.5, 0.6) is 11.5 Å². The van der Waals surface area contributed by atoms with Gasteiger partial charge in [-0.05, 0) is 79.2 Å². The molecule has 0 radical (unpaired) electrons. The SMILES string of the molecule is COc1ccc(F)c(OCC2CCc3cc(C4CCC(N)C4)ccc3C2)c1. The lowest BCUT2D eigenvalue weighted by atomic mass is 9.82. The molecular weight excluding hydrogens is 341 g/mol. The fraction of sp³-hybridized carbons (Fsp3) is 0.478. The van der Waals surface area contributed by atoms with Gasteiger partial charge in [0.2, 0.25) is 0 Å². The molecule has 0 aliphatic heterocycles. The summed E-state index contributed by atoms with van der Waals surface area (Å²) in [5.41, 5.74) is 10.4. The van der Waals surface area contributed by atoms with E-state index in [1.54, 1.807) is 19.2 Å². The fourth-order valence-electron chi connectivity index (χ4n) is 4.49. The largest absolute Gasteiger partial charge is 0.497 e. The number of ether oxygens (including phenoxy) is 2. The summed E-state index contributed by atoms with van der Waals surface area (Å²) in [4.78, 5) is 0. The maximum Gasteiger partial charge on any atom is 0.165 e. The van der Waals surface area contributed by atoms with Gasteiger partial charge in [-0.15, -0.1) is 0 Å². The van der Waals surface area contributed by atoms with Crippen molar-refractivity contribution in [1.82, 2.24) is 0 Å². The van der Waals surface area contributed by atoms with Crippen molar-refractivity contribution in [2.75, 3.05) is 13.7 Å². The van der Waals surface area contributed by atoms with E-state index in [2.05, 4.69) is 18.2 Å². The molecule has 0 heterocycles. The van der Waals surface area contributed by atoms with E-state index in [-0.39, 0.29) is 11.6 Å². The molecule has 2 aromatic carbocycles. The van der Waals surface area contributed by atoms with Crippen molar-refractivity contribution in [2.24, 2.45) is 11.7 Å². The quantitative estimate of drug-likeness (QED) is 0.837. The molecule has 4 heteroatoms. The predicted molar refractivity (Wildman–Crippen MR) is 105 cm³/mol. The van der Waals surface area contributed by atoms with Gasteiger partial charge in [0.15, 0.2) is 11.6 Å². The summed E-state index contributed by atoms with van der Waals surface area (Å²) in [7, 11) is 1.57. The summed E-state index contributed by atoms with van der Waals surface area (Å²) in [6.07, 6.45) is 6.60. The van der Waals surface area contributed by atoms with Gasteiger partial charge in [0, 0.05) is 12.1 Å². The molecule has 4 rings (SSSR count). The van der Waals surface area contributed by atoms with Crippen LogP contribution in [0.25, 0.3) is 0 Å². The van der Waals surface area contributed by atoms with E-state index < -0.39 is 0 Å². The van der Waals surface area contributed by atoms with Gasteiger partial charge in [-0.2, -0.15) is 0 Å². The minimum atomic E-state index is -0.341. The molecule has 27 heavy (non-hydrogen) atoms. The number of hydrogen-bond acceptors (Lipinski definition) is 3. The molecule has 1 fully saturated rings. The third-order valence-electron chi connectivity index (χ3n) is 6.12. The number of hydrogen-bond donors (Lipinski definition) is 1. The maximum absolute atomic E-state index is 13.9. The number of aryl methyl sites for hydroxylation is 1. The maximum atomic E-state index is 13.9. The van der Waals surface area contributed by atoms with Crippen molar-refractivity contribution >= 4 is 0 Å². The van der Waals surface area contributed by atoms with Crippen molar-refractivity contribution in [3.05, 3.63) is 58.9 Å². The van der Waals surface area contributed by atoms with E-state index in [0.29, 0.717) is 30.2 Å². The second-order valence-corrected chi connectivity index (χ2v) is 8.01. The van der Waals surface area contributed by atoms with Crippen LogP contribution in [0.4, 0.5) is 4.39 Å². The van der Waals surface area contributed by atoms with Crippen molar-refractivity contribution in [3.63, 3.8) is 0 Å². The second kappa shape index (κ2) is 7.89. The van der Waals surface area contributed by atoms with Gasteiger partial charge in [0.1, 0.15) is 5.75 Å². The van der Waals surface area contributed by atoms with E-state index in [1.807, 2.05) is 0 Å². The first-order chi connectivity index (χ1) is 13.1. The molecule has 0 aromatic heterocycles. The summed E-state index contributed by atoms with van der Waals surface area (Å²) in [6.45, 7) is 0.531. The first-order valence-electron chi connectivity index (χ1n) is 9.96. The van der Waals surface area contributed by atoms with E-state index in [0.717, 1.165) is 32.1 Å². The van der Waals surface area contributed by atoms with Gasteiger partial charge >= 0.3 is 0 Å². The predicted octanol–water partition coefficient (Wildman–Crippen LogP) is 4.61. The topological polar surface area (TPSA) is 44.5 Å². The fourth-order valence-corrected chi connectivity index (χ4v) is 4.49. The van der Waals surface area contributed by atoms with Gasteiger partial charge in [-0.3, -0.25) is 0 Å². The first-order valence-corrected chi connectivity index (χ1v) is 9.96. The summed E-state index contributed by atoms with van der Waals surface area (Å²) in [5, 5.41) is 0. The lowest BCUT2D eigenvalue weighted by Gasteiger charge is -2.26. The Kier molecular flexibility index (Phi) is 5.35. The Morgan fingerprint density at radius 1 is 1.07 bits per heavy atom. The van der Waals surface area contributed by atoms with Gasteiger partial charge in [0.25, 0.3) is 0 Å². The van der Waals surface area contributed by atoms with E-state index >= 15 is 0 Å². The molecule has 144 valence electrons. The van der Waals surface area contributed by atoms with Crippen molar-refractivity contribution in [2.45, 2.75) is 50.5 Å². The molecule has 0 spiro atoms. The molecule has 3 atom stereocenters. The molecule has 3 nitrogen and oxygen atoms in total. The zero-order valence-corrected chi connectivity index (χ0v) is 15.9. The minimum Gasteiger partial charge on any atom is -0.497 e. The molecule has 0 bridgehead atoms. The highest BCUT2D eigenvalue weighted by molar-refractivity contribution is 5.37. The number of nitrogens with two attached hydrogens (primary N) is 1. The number of benzene rings is 2. The van der Waals surface area contributed by atoms with Crippen LogP contribution in [0.2, 0.25) is 0 Å². The highest BCUT2D eigenvalue weighted by atomic mass is 19.1.